The molecule has 0 aliphatic carbocycles. The number of benzene rings is 2. The third-order valence-corrected chi connectivity index (χ3v) is 6.34. The third kappa shape index (κ3) is 7.37. The lowest BCUT2D eigenvalue weighted by molar-refractivity contribution is -0.124. The highest BCUT2D eigenvalue weighted by atomic mass is 32.2. The van der Waals surface area contributed by atoms with Gasteiger partial charge in [0.2, 0.25) is 15.9 Å². The number of carbonyl (C=O) groups is 2. The molecule has 9 heteroatoms. The molecule has 0 fully saturated rings. The van der Waals surface area contributed by atoms with Gasteiger partial charge < -0.3 is 15.4 Å². The highest BCUT2D eigenvalue weighted by Gasteiger charge is 2.26. The lowest BCUT2D eigenvalue weighted by Crippen LogP contribution is -2.50. The van der Waals surface area contributed by atoms with Crippen molar-refractivity contribution in [2.45, 2.75) is 44.4 Å². The quantitative estimate of drug-likeness (QED) is 0.518. The second-order valence-electron chi connectivity index (χ2n) is 7.14. The van der Waals surface area contributed by atoms with Crippen LogP contribution in [-0.2, 0) is 32.7 Å². The SMILES string of the molecule is CC[C@H](C)[C@H](NC(=O)OCc1ccccc1)C(=O)NCc1cccc(S(=O)(=O)NC)c1. The zero-order chi connectivity index (χ0) is 22.9. The lowest BCUT2D eigenvalue weighted by atomic mass is 9.98. The van der Waals surface area contributed by atoms with E-state index in [1.165, 1.54) is 19.2 Å². The minimum Gasteiger partial charge on any atom is -0.445 e. The van der Waals surface area contributed by atoms with Gasteiger partial charge in [-0.1, -0.05) is 62.7 Å². The summed E-state index contributed by atoms with van der Waals surface area (Å²) in [5, 5.41) is 5.41. The monoisotopic (exact) mass is 447 g/mol. The van der Waals surface area contributed by atoms with E-state index in [4.69, 9.17) is 4.74 Å². The van der Waals surface area contributed by atoms with Crippen LogP contribution < -0.4 is 15.4 Å². The standard InChI is InChI=1S/C22H29N3O5S/c1-4-16(2)20(25-22(27)30-15-17-9-6-5-7-10-17)21(26)24-14-18-11-8-12-19(13-18)31(28,29)23-3/h5-13,16,20,23H,4,14-15H2,1-3H3,(H,24,26)(H,25,27)/t16-,20-/m0/s1. The summed E-state index contributed by atoms with van der Waals surface area (Å²) < 4.78 is 31.4. The van der Waals surface area contributed by atoms with Crippen LogP contribution in [0.2, 0.25) is 0 Å². The molecule has 8 nitrogen and oxygen atoms in total. The first kappa shape index (κ1) is 24.4. The predicted molar refractivity (Wildman–Crippen MR) is 118 cm³/mol. The van der Waals surface area contributed by atoms with Crippen molar-refractivity contribution in [3.05, 3.63) is 65.7 Å². The predicted octanol–water partition coefficient (Wildman–Crippen LogP) is 2.55. The fraction of sp³-hybridized carbons (Fsp3) is 0.364. The maximum absolute atomic E-state index is 12.8. The van der Waals surface area contributed by atoms with Crippen LogP contribution in [0.5, 0.6) is 0 Å². The van der Waals surface area contributed by atoms with Crippen LogP contribution >= 0.6 is 0 Å². The second kappa shape index (κ2) is 11.5. The molecular weight excluding hydrogens is 418 g/mol. The minimum absolute atomic E-state index is 0.105. The van der Waals surface area contributed by atoms with Crippen LogP contribution in [0.15, 0.2) is 59.5 Å². The molecule has 0 bridgehead atoms. The van der Waals surface area contributed by atoms with Crippen LogP contribution in [0.4, 0.5) is 4.79 Å². The summed E-state index contributed by atoms with van der Waals surface area (Å²) in [6, 6.07) is 14.8. The summed E-state index contributed by atoms with van der Waals surface area (Å²) in [4.78, 5) is 25.1. The number of nitrogens with one attached hydrogen (secondary N) is 3. The molecule has 31 heavy (non-hydrogen) atoms. The van der Waals surface area contributed by atoms with Crippen molar-refractivity contribution in [1.82, 2.24) is 15.4 Å². The van der Waals surface area contributed by atoms with Crippen molar-refractivity contribution < 1.29 is 22.7 Å². The molecule has 0 saturated carbocycles. The smallest absolute Gasteiger partial charge is 0.408 e. The first-order valence-electron chi connectivity index (χ1n) is 10.0. The van der Waals surface area contributed by atoms with E-state index in [2.05, 4.69) is 15.4 Å². The van der Waals surface area contributed by atoms with Crippen LogP contribution in [0, 0.1) is 5.92 Å². The Morgan fingerprint density at radius 2 is 1.71 bits per heavy atom. The molecule has 2 rings (SSSR count). The highest BCUT2D eigenvalue weighted by molar-refractivity contribution is 7.89. The van der Waals surface area contributed by atoms with Crippen molar-refractivity contribution >= 4 is 22.0 Å². The van der Waals surface area contributed by atoms with E-state index in [0.717, 1.165) is 5.56 Å². The average molecular weight is 448 g/mol. The Morgan fingerprint density at radius 3 is 2.35 bits per heavy atom. The molecular formula is C22H29N3O5S. The molecule has 2 aromatic carbocycles. The van der Waals surface area contributed by atoms with E-state index in [9.17, 15) is 18.0 Å². The molecule has 2 amide bonds. The Hall–Kier alpha value is -2.91. The molecule has 0 radical (unpaired) electrons. The van der Waals surface area contributed by atoms with Gasteiger partial charge >= 0.3 is 6.09 Å². The highest BCUT2D eigenvalue weighted by Crippen LogP contribution is 2.12. The van der Waals surface area contributed by atoms with Crippen LogP contribution in [0.25, 0.3) is 0 Å². The maximum Gasteiger partial charge on any atom is 0.408 e. The van der Waals surface area contributed by atoms with Crippen molar-refractivity contribution in [3.8, 4) is 0 Å². The summed E-state index contributed by atoms with van der Waals surface area (Å²) in [6.07, 6.45) is -0.00106. The molecule has 3 N–H and O–H groups in total. The number of hydrogen-bond acceptors (Lipinski definition) is 5. The molecule has 0 unspecified atom stereocenters. The van der Waals surface area contributed by atoms with Gasteiger partial charge in [-0.05, 0) is 36.2 Å². The number of sulfonamides is 1. The van der Waals surface area contributed by atoms with E-state index < -0.39 is 22.2 Å². The van der Waals surface area contributed by atoms with E-state index in [-0.39, 0.29) is 29.9 Å². The topological polar surface area (TPSA) is 114 Å². The lowest BCUT2D eigenvalue weighted by Gasteiger charge is -2.23. The summed E-state index contributed by atoms with van der Waals surface area (Å²) in [5.41, 5.74) is 1.47. The van der Waals surface area contributed by atoms with Crippen molar-refractivity contribution in [2.75, 3.05) is 7.05 Å². The van der Waals surface area contributed by atoms with Gasteiger partial charge in [0, 0.05) is 6.54 Å². The van der Waals surface area contributed by atoms with Crippen molar-refractivity contribution in [1.29, 1.82) is 0 Å². The number of carbonyl (C=O) groups excluding carboxylic acids is 2. The zero-order valence-electron chi connectivity index (χ0n) is 17.9. The van der Waals surface area contributed by atoms with Gasteiger partial charge in [-0.3, -0.25) is 4.79 Å². The molecule has 0 aliphatic rings. The van der Waals surface area contributed by atoms with E-state index in [1.54, 1.807) is 12.1 Å². The van der Waals surface area contributed by atoms with Crippen LogP contribution in [-0.4, -0.2) is 33.5 Å². The Kier molecular flexibility index (Phi) is 9.02. The molecule has 2 aromatic rings. The summed E-state index contributed by atoms with van der Waals surface area (Å²) in [5.74, 6) is -0.492. The molecule has 0 spiro atoms. The molecule has 168 valence electrons. The third-order valence-electron chi connectivity index (χ3n) is 4.93. The Morgan fingerprint density at radius 1 is 1.03 bits per heavy atom. The van der Waals surface area contributed by atoms with Gasteiger partial charge in [0.05, 0.1) is 4.90 Å². The second-order valence-corrected chi connectivity index (χ2v) is 9.03. The summed E-state index contributed by atoms with van der Waals surface area (Å²) >= 11 is 0. The number of rotatable bonds is 10. The number of alkyl carbamates (subject to hydrolysis) is 1. The normalized spacial score (nSPS) is 13.1. The van der Waals surface area contributed by atoms with Crippen molar-refractivity contribution in [3.63, 3.8) is 0 Å². The van der Waals surface area contributed by atoms with E-state index >= 15 is 0 Å². The molecule has 2 atom stereocenters. The maximum atomic E-state index is 12.8. The Bertz CT molecular complexity index is 980. The number of hydrogen-bond donors (Lipinski definition) is 3. The largest absolute Gasteiger partial charge is 0.445 e. The van der Waals surface area contributed by atoms with E-state index in [0.29, 0.717) is 12.0 Å². The summed E-state index contributed by atoms with van der Waals surface area (Å²) in [7, 11) is -2.24. The van der Waals surface area contributed by atoms with Crippen LogP contribution in [0.1, 0.15) is 31.4 Å². The first-order valence-corrected chi connectivity index (χ1v) is 11.5. The zero-order valence-corrected chi connectivity index (χ0v) is 18.7. The minimum atomic E-state index is -3.57. The van der Waals surface area contributed by atoms with Crippen molar-refractivity contribution in [2.24, 2.45) is 5.92 Å². The Balaban J connectivity index is 1.98. The molecule has 0 saturated heterocycles. The van der Waals surface area contributed by atoms with Gasteiger partial charge in [0.25, 0.3) is 0 Å². The average Bonchev–Trinajstić information content (AvgIpc) is 2.80. The fourth-order valence-corrected chi connectivity index (χ4v) is 3.63. The van der Waals surface area contributed by atoms with Gasteiger partial charge in [-0.25, -0.2) is 17.9 Å². The van der Waals surface area contributed by atoms with Gasteiger partial charge in [-0.15, -0.1) is 0 Å². The van der Waals surface area contributed by atoms with Crippen LogP contribution in [0.3, 0.4) is 0 Å². The number of amides is 2. The van der Waals surface area contributed by atoms with Gasteiger partial charge in [0.15, 0.2) is 0 Å². The first-order chi connectivity index (χ1) is 14.8. The molecule has 0 aliphatic heterocycles. The molecule has 0 aromatic heterocycles. The fourth-order valence-electron chi connectivity index (χ4n) is 2.83. The Labute approximate surface area is 183 Å². The summed E-state index contributed by atoms with van der Waals surface area (Å²) in [6.45, 7) is 4.02. The van der Waals surface area contributed by atoms with Gasteiger partial charge in [0.1, 0.15) is 12.6 Å². The van der Waals surface area contributed by atoms with E-state index in [1.807, 2.05) is 44.2 Å². The van der Waals surface area contributed by atoms with Gasteiger partial charge in [-0.2, -0.15) is 0 Å². The molecule has 0 heterocycles. The number of ether oxygens (including phenoxy) is 1.